The van der Waals surface area contributed by atoms with Crippen molar-refractivity contribution < 1.29 is 63.0 Å². The van der Waals surface area contributed by atoms with Crippen LogP contribution in [-0.2, 0) is 29.2 Å². The molecule has 0 saturated carbocycles. The minimum absolute atomic E-state index is 0. The van der Waals surface area contributed by atoms with Crippen LogP contribution >= 0.6 is 0 Å². The molecule has 108 valence electrons. The van der Waals surface area contributed by atoms with E-state index in [9.17, 15) is 18.0 Å². The SMILES string of the molecule is CC(C)OC(=O)CC(C(=O)OC(C)C)S(=O)(=O)O.[H-].[Na+]. The first-order chi connectivity index (χ1) is 8.04. The molecule has 0 bridgehead atoms. The fraction of sp³-hybridized carbons (Fsp3) is 0.800. The normalized spacial score (nSPS) is 12.8. The Kier molecular flexibility index (Phi) is 9.92. The second-order valence-electron chi connectivity index (χ2n) is 4.23. The predicted molar refractivity (Wildman–Crippen MR) is 63.5 cm³/mol. The van der Waals surface area contributed by atoms with Crippen molar-refractivity contribution in [3.05, 3.63) is 0 Å². The third kappa shape index (κ3) is 9.39. The minimum atomic E-state index is -4.72. The smallest absolute Gasteiger partial charge is 1.00 e. The Bertz CT molecular complexity index is 408. The first-order valence-corrected chi connectivity index (χ1v) is 6.90. The fourth-order valence-corrected chi connectivity index (χ4v) is 1.73. The molecule has 0 rings (SSSR count). The molecule has 0 aromatic carbocycles. The van der Waals surface area contributed by atoms with Crippen LogP contribution < -0.4 is 29.6 Å². The fourth-order valence-electron chi connectivity index (χ4n) is 1.08. The van der Waals surface area contributed by atoms with E-state index in [1.165, 1.54) is 13.8 Å². The third-order valence-electron chi connectivity index (χ3n) is 1.69. The van der Waals surface area contributed by atoms with Gasteiger partial charge in [0.05, 0.1) is 18.6 Å². The van der Waals surface area contributed by atoms with E-state index in [4.69, 9.17) is 9.29 Å². The van der Waals surface area contributed by atoms with Gasteiger partial charge in [-0.25, -0.2) is 0 Å². The van der Waals surface area contributed by atoms with Crippen LogP contribution in [0.5, 0.6) is 0 Å². The van der Waals surface area contributed by atoms with Crippen LogP contribution in [0.4, 0.5) is 0 Å². The maximum atomic E-state index is 11.5. The molecule has 0 aliphatic heterocycles. The molecule has 7 nitrogen and oxygen atoms in total. The van der Waals surface area contributed by atoms with Gasteiger partial charge in [0.25, 0.3) is 10.1 Å². The topological polar surface area (TPSA) is 107 Å². The summed E-state index contributed by atoms with van der Waals surface area (Å²) in [6, 6.07) is 0. The molecule has 0 spiro atoms. The molecule has 1 atom stereocenters. The van der Waals surface area contributed by atoms with E-state index >= 15 is 0 Å². The van der Waals surface area contributed by atoms with Gasteiger partial charge in [0.1, 0.15) is 0 Å². The van der Waals surface area contributed by atoms with Gasteiger partial charge >= 0.3 is 41.5 Å². The molecule has 0 aromatic rings. The van der Waals surface area contributed by atoms with Gasteiger partial charge in [-0.15, -0.1) is 0 Å². The summed E-state index contributed by atoms with van der Waals surface area (Å²) in [4.78, 5) is 22.7. The minimum Gasteiger partial charge on any atom is -1.00 e. The second-order valence-corrected chi connectivity index (χ2v) is 5.83. The van der Waals surface area contributed by atoms with E-state index in [2.05, 4.69) is 4.74 Å². The van der Waals surface area contributed by atoms with E-state index in [0.29, 0.717) is 0 Å². The maximum absolute atomic E-state index is 11.5. The molecular formula is C10H19NaO7S. The average Bonchev–Trinajstić information content (AvgIpc) is 2.09. The molecule has 0 heterocycles. The first kappa shape index (κ1) is 21.2. The summed E-state index contributed by atoms with van der Waals surface area (Å²) >= 11 is 0. The summed E-state index contributed by atoms with van der Waals surface area (Å²) in [5.41, 5.74) is 0. The van der Waals surface area contributed by atoms with Crippen LogP contribution in [-0.4, -0.2) is 42.4 Å². The summed E-state index contributed by atoms with van der Waals surface area (Å²) in [6.45, 7) is 6.19. The van der Waals surface area contributed by atoms with Crippen molar-refractivity contribution in [1.29, 1.82) is 0 Å². The van der Waals surface area contributed by atoms with Crippen molar-refractivity contribution in [2.75, 3.05) is 0 Å². The molecule has 0 aliphatic rings. The number of esters is 2. The summed E-state index contributed by atoms with van der Waals surface area (Å²) in [5.74, 6) is -2.07. The van der Waals surface area contributed by atoms with Gasteiger partial charge in [-0.05, 0) is 27.7 Å². The number of hydrogen-bond acceptors (Lipinski definition) is 6. The zero-order valence-electron chi connectivity index (χ0n) is 12.7. The zero-order chi connectivity index (χ0) is 14.5. The molecule has 9 heteroatoms. The molecule has 0 aliphatic carbocycles. The van der Waals surface area contributed by atoms with Crippen LogP contribution in [0.2, 0.25) is 0 Å². The van der Waals surface area contributed by atoms with E-state index in [0.717, 1.165) is 0 Å². The van der Waals surface area contributed by atoms with Crippen molar-refractivity contribution in [3.8, 4) is 0 Å². The monoisotopic (exact) mass is 306 g/mol. The van der Waals surface area contributed by atoms with Crippen LogP contribution in [0.15, 0.2) is 0 Å². The van der Waals surface area contributed by atoms with Crippen LogP contribution in [0.1, 0.15) is 35.5 Å². The first-order valence-electron chi connectivity index (χ1n) is 5.40. The van der Waals surface area contributed by atoms with E-state index in [-0.39, 0.29) is 31.0 Å². The Morgan fingerprint density at radius 2 is 1.53 bits per heavy atom. The Labute approximate surface area is 136 Å². The van der Waals surface area contributed by atoms with E-state index < -0.39 is 45.9 Å². The standard InChI is InChI=1S/C10H18O7S.Na.H/c1-6(2)16-9(11)5-8(18(13,14)15)10(12)17-7(3)4;;/h6-8H,5H2,1-4H3,(H,13,14,15);;/q;+1;-1. The van der Waals surface area contributed by atoms with Crippen LogP contribution in [0.3, 0.4) is 0 Å². The number of ether oxygens (including phenoxy) is 2. The second kappa shape index (κ2) is 8.91. The molecule has 0 saturated heterocycles. The van der Waals surface area contributed by atoms with Crippen LogP contribution in [0, 0.1) is 0 Å². The number of rotatable bonds is 6. The van der Waals surface area contributed by atoms with E-state index in [1.807, 2.05) is 0 Å². The Morgan fingerprint density at radius 3 is 1.84 bits per heavy atom. The molecular weight excluding hydrogens is 287 g/mol. The summed E-state index contributed by atoms with van der Waals surface area (Å²) in [7, 11) is -4.72. The van der Waals surface area contributed by atoms with Crippen LogP contribution in [0.25, 0.3) is 0 Å². The number of carbonyl (C=O) groups is 2. The Balaban J connectivity index is -0.00000144. The quantitative estimate of drug-likeness (QED) is 0.333. The molecule has 0 amide bonds. The molecule has 0 fully saturated rings. The largest absolute Gasteiger partial charge is 1.00 e. The van der Waals surface area contributed by atoms with Gasteiger partial charge in [0.15, 0.2) is 5.25 Å². The van der Waals surface area contributed by atoms with Gasteiger partial charge in [-0.2, -0.15) is 8.42 Å². The van der Waals surface area contributed by atoms with Gasteiger partial charge < -0.3 is 10.9 Å². The molecule has 1 unspecified atom stereocenters. The number of carbonyl (C=O) groups excluding carboxylic acids is 2. The van der Waals surface area contributed by atoms with Crippen molar-refractivity contribution in [2.24, 2.45) is 0 Å². The van der Waals surface area contributed by atoms with Crippen molar-refractivity contribution >= 4 is 22.1 Å². The van der Waals surface area contributed by atoms with E-state index in [1.54, 1.807) is 13.8 Å². The van der Waals surface area contributed by atoms with Gasteiger partial charge in [-0.3, -0.25) is 14.1 Å². The van der Waals surface area contributed by atoms with Crippen molar-refractivity contribution in [3.63, 3.8) is 0 Å². The summed E-state index contributed by atoms with van der Waals surface area (Å²) < 4.78 is 40.3. The Hall–Kier alpha value is -0.150. The molecule has 19 heavy (non-hydrogen) atoms. The predicted octanol–water partition coefficient (Wildman–Crippen LogP) is -2.35. The number of hydrogen-bond donors (Lipinski definition) is 1. The van der Waals surface area contributed by atoms with Crippen molar-refractivity contribution in [2.45, 2.75) is 51.6 Å². The average molecular weight is 306 g/mol. The van der Waals surface area contributed by atoms with Gasteiger partial charge in [-0.1, -0.05) is 0 Å². The Morgan fingerprint density at radius 1 is 1.11 bits per heavy atom. The van der Waals surface area contributed by atoms with Gasteiger partial charge in [0, 0.05) is 0 Å². The van der Waals surface area contributed by atoms with Crippen molar-refractivity contribution in [1.82, 2.24) is 0 Å². The summed E-state index contributed by atoms with van der Waals surface area (Å²) in [6.07, 6.45) is -1.77. The summed E-state index contributed by atoms with van der Waals surface area (Å²) in [5, 5.41) is -1.95. The van der Waals surface area contributed by atoms with Gasteiger partial charge in [0.2, 0.25) is 0 Å². The molecule has 1 N–H and O–H groups in total. The molecule has 0 radical (unpaired) electrons. The molecule has 0 aromatic heterocycles. The third-order valence-corrected chi connectivity index (χ3v) is 2.77. The zero-order valence-corrected chi connectivity index (χ0v) is 14.6. The maximum Gasteiger partial charge on any atom is 1.00 e.